The fraction of sp³-hybridized carbons (Fsp3) is 0.300. The Balaban J connectivity index is 1.50. The molecule has 13 nitrogen and oxygen atoms in total. The summed E-state index contributed by atoms with van der Waals surface area (Å²) in [7, 11) is 2.75. The Labute approximate surface area is 186 Å². The molecule has 0 N–H and O–H groups in total. The van der Waals surface area contributed by atoms with Gasteiger partial charge in [-0.3, -0.25) is 14.9 Å². The van der Waals surface area contributed by atoms with Gasteiger partial charge in [0.05, 0.1) is 30.8 Å². The summed E-state index contributed by atoms with van der Waals surface area (Å²) < 4.78 is 20.2. The number of nitro benzene ring substituents is 1. The topological polar surface area (TPSA) is 150 Å². The van der Waals surface area contributed by atoms with Crippen LogP contribution in [0.2, 0.25) is 0 Å². The first-order valence-electron chi connectivity index (χ1n) is 9.80. The van der Waals surface area contributed by atoms with Crippen molar-refractivity contribution in [2.24, 2.45) is 0 Å². The number of ether oxygens (including phenoxy) is 3. The van der Waals surface area contributed by atoms with Crippen LogP contribution in [-0.2, 0) is 11.3 Å². The number of rotatable bonds is 6. The van der Waals surface area contributed by atoms with Gasteiger partial charge in [-0.05, 0) is 41.0 Å². The van der Waals surface area contributed by atoms with Crippen LogP contribution in [0, 0.1) is 10.1 Å². The monoisotopic (exact) mass is 457 g/mol. The Bertz CT molecular complexity index is 1230. The third kappa shape index (κ3) is 4.20. The van der Waals surface area contributed by atoms with E-state index < -0.39 is 23.5 Å². The van der Waals surface area contributed by atoms with Crippen LogP contribution in [0.4, 0.5) is 10.5 Å². The number of carbonyl (C=O) groups is 2. The number of carbonyl (C=O) groups excluding carboxylic acids is 2. The second-order valence-electron chi connectivity index (χ2n) is 7.02. The molecular weight excluding hydrogens is 438 g/mol. The van der Waals surface area contributed by atoms with Gasteiger partial charge < -0.3 is 14.2 Å². The van der Waals surface area contributed by atoms with Crippen LogP contribution in [0.1, 0.15) is 22.3 Å². The quantitative estimate of drug-likeness (QED) is 0.399. The number of aromatic nitrogens is 2. The standard InChI is InChI=1S/C20H19N5O8/c1-30-17-9-13(16(25(28)29)10-18(17)31-2)11-32-20(27)24-7-3-6-23(24)19(26)12-4-5-14-15(8-12)22-33-21-14/h4-5,8-10H,3,6-7,11H2,1-2H3. The SMILES string of the molecule is COc1cc(COC(=O)N2CCCN2C(=O)c2ccc3nonc3c2)c([N+](=O)[O-])cc1OC. The Hall–Kier alpha value is -4.42. The number of amides is 2. The number of benzene rings is 2. The minimum atomic E-state index is -0.811. The van der Waals surface area contributed by atoms with Crippen LogP contribution >= 0.6 is 0 Å². The molecule has 0 radical (unpaired) electrons. The van der Waals surface area contributed by atoms with Crippen LogP contribution < -0.4 is 9.47 Å². The molecule has 0 saturated carbocycles. The second kappa shape index (κ2) is 8.98. The Morgan fingerprint density at radius 3 is 2.48 bits per heavy atom. The first-order valence-corrected chi connectivity index (χ1v) is 9.80. The molecule has 13 heteroatoms. The highest BCUT2D eigenvalue weighted by Crippen LogP contribution is 2.35. The normalized spacial score (nSPS) is 13.3. The number of fused-ring (bicyclic) bond motifs is 1. The zero-order chi connectivity index (χ0) is 23.5. The van der Waals surface area contributed by atoms with Crippen molar-refractivity contribution in [2.45, 2.75) is 13.0 Å². The highest BCUT2D eigenvalue weighted by Gasteiger charge is 2.33. The van der Waals surface area contributed by atoms with Gasteiger partial charge >= 0.3 is 6.09 Å². The molecule has 1 aliphatic rings. The lowest BCUT2D eigenvalue weighted by Gasteiger charge is -2.27. The molecule has 172 valence electrons. The molecule has 3 aromatic rings. The molecule has 4 rings (SSSR count). The number of hydrogen-bond donors (Lipinski definition) is 0. The number of nitro groups is 1. The van der Waals surface area contributed by atoms with E-state index in [1.54, 1.807) is 12.1 Å². The van der Waals surface area contributed by atoms with E-state index in [4.69, 9.17) is 14.2 Å². The summed E-state index contributed by atoms with van der Waals surface area (Å²) in [4.78, 5) is 36.6. The average molecular weight is 457 g/mol. The van der Waals surface area contributed by atoms with E-state index in [0.717, 1.165) is 0 Å². The minimum absolute atomic E-state index is 0.118. The molecule has 0 unspecified atom stereocenters. The molecule has 0 bridgehead atoms. The Morgan fingerprint density at radius 1 is 1.06 bits per heavy atom. The molecule has 1 saturated heterocycles. The van der Waals surface area contributed by atoms with Crippen LogP contribution in [0.5, 0.6) is 11.5 Å². The number of methoxy groups -OCH3 is 2. The molecule has 1 aliphatic heterocycles. The lowest BCUT2D eigenvalue weighted by molar-refractivity contribution is -0.385. The summed E-state index contributed by atoms with van der Waals surface area (Å²) in [6, 6.07) is 7.24. The average Bonchev–Trinajstić information content (AvgIpc) is 3.50. The van der Waals surface area contributed by atoms with Crippen molar-refractivity contribution in [3.05, 3.63) is 51.6 Å². The van der Waals surface area contributed by atoms with Gasteiger partial charge in [-0.1, -0.05) is 0 Å². The van der Waals surface area contributed by atoms with Gasteiger partial charge in [0, 0.05) is 18.7 Å². The summed E-state index contributed by atoms with van der Waals surface area (Å²) in [6.07, 6.45) is -0.264. The lowest BCUT2D eigenvalue weighted by Crippen LogP contribution is -2.45. The van der Waals surface area contributed by atoms with Crippen molar-refractivity contribution in [2.75, 3.05) is 27.3 Å². The molecule has 0 spiro atoms. The maximum absolute atomic E-state index is 13.0. The maximum Gasteiger partial charge on any atom is 0.429 e. The molecule has 0 aliphatic carbocycles. The predicted molar refractivity (Wildman–Crippen MR) is 111 cm³/mol. The van der Waals surface area contributed by atoms with Crippen LogP contribution in [-0.4, -0.2) is 64.6 Å². The summed E-state index contributed by atoms with van der Waals surface area (Å²) in [5.74, 6) is 0.00573. The number of hydrogen-bond acceptors (Lipinski definition) is 10. The van der Waals surface area contributed by atoms with Gasteiger partial charge in [0.2, 0.25) is 0 Å². The number of hydrazine groups is 1. The van der Waals surface area contributed by atoms with Crippen molar-refractivity contribution in [1.82, 2.24) is 20.3 Å². The van der Waals surface area contributed by atoms with Gasteiger partial charge in [0.1, 0.15) is 17.6 Å². The second-order valence-corrected chi connectivity index (χ2v) is 7.02. The summed E-state index contributed by atoms with van der Waals surface area (Å²) in [5.41, 5.74) is 1.04. The Morgan fingerprint density at radius 2 is 1.76 bits per heavy atom. The van der Waals surface area contributed by atoms with Gasteiger partial charge in [0.25, 0.3) is 11.6 Å². The van der Waals surface area contributed by atoms with Gasteiger partial charge in [-0.15, -0.1) is 0 Å². The molecule has 33 heavy (non-hydrogen) atoms. The third-order valence-electron chi connectivity index (χ3n) is 5.11. The zero-order valence-electron chi connectivity index (χ0n) is 17.7. The molecule has 1 aromatic heterocycles. The number of nitrogens with zero attached hydrogens (tertiary/aromatic N) is 5. The van der Waals surface area contributed by atoms with Crippen LogP contribution in [0.15, 0.2) is 35.0 Å². The van der Waals surface area contributed by atoms with Crippen molar-refractivity contribution in [3.8, 4) is 11.5 Å². The van der Waals surface area contributed by atoms with E-state index >= 15 is 0 Å². The van der Waals surface area contributed by atoms with Crippen molar-refractivity contribution in [3.63, 3.8) is 0 Å². The maximum atomic E-state index is 13.0. The van der Waals surface area contributed by atoms with Crippen LogP contribution in [0.25, 0.3) is 11.0 Å². The summed E-state index contributed by atoms with van der Waals surface area (Å²) in [6.45, 7) is 0.163. The van der Waals surface area contributed by atoms with E-state index in [1.165, 1.54) is 42.4 Å². The molecule has 0 atom stereocenters. The van der Waals surface area contributed by atoms with Crippen molar-refractivity contribution >= 4 is 28.7 Å². The fourth-order valence-corrected chi connectivity index (χ4v) is 3.49. The van der Waals surface area contributed by atoms with E-state index in [9.17, 15) is 19.7 Å². The van der Waals surface area contributed by atoms with Gasteiger partial charge in [0.15, 0.2) is 11.5 Å². The van der Waals surface area contributed by atoms with E-state index in [0.29, 0.717) is 29.6 Å². The summed E-state index contributed by atoms with van der Waals surface area (Å²) >= 11 is 0. The summed E-state index contributed by atoms with van der Waals surface area (Å²) in [5, 5.41) is 21.3. The zero-order valence-corrected chi connectivity index (χ0v) is 17.7. The first kappa shape index (κ1) is 21.8. The van der Waals surface area contributed by atoms with Crippen LogP contribution in [0.3, 0.4) is 0 Å². The Kier molecular flexibility index (Phi) is 5.93. The predicted octanol–water partition coefficient (Wildman–Crippen LogP) is 2.55. The van der Waals surface area contributed by atoms with Crippen molar-refractivity contribution in [1.29, 1.82) is 0 Å². The fourth-order valence-electron chi connectivity index (χ4n) is 3.49. The first-order chi connectivity index (χ1) is 15.9. The smallest absolute Gasteiger partial charge is 0.429 e. The highest BCUT2D eigenvalue weighted by atomic mass is 16.6. The lowest BCUT2D eigenvalue weighted by atomic mass is 10.1. The molecule has 2 heterocycles. The molecule has 2 amide bonds. The largest absolute Gasteiger partial charge is 0.493 e. The van der Waals surface area contributed by atoms with E-state index in [2.05, 4.69) is 14.9 Å². The van der Waals surface area contributed by atoms with Gasteiger partial charge in [-0.2, -0.15) is 0 Å². The highest BCUT2D eigenvalue weighted by molar-refractivity contribution is 5.97. The van der Waals surface area contributed by atoms with E-state index in [-0.39, 0.29) is 29.3 Å². The minimum Gasteiger partial charge on any atom is -0.493 e. The molecular formula is C20H19N5O8. The molecule has 1 fully saturated rings. The third-order valence-corrected chi connectivity index (χ3v) is 5.11. The van der Waals surface area contributed by atoms with Gasteiger partial charge in [-0.25, -0.2) is 19.4 Å². The molecule has 2 aromatic carbocycles. The van der Waals surface area contributed by atoms with Crippen molar-refractivity contribution < 1.29 is 33.4 Å². The van der Waals surface area contributed by atoms with E-state index in [1.807, 2.05) is 0 Å².